The number of halogens is 6. The van der Waals surface area contributed by atoms with Gasteiger partial charge in [-0.1, -0.05) is 12.1 Å². The first-order valence-corrected chi connectivity index (χ1v) is 11.8. The van der Waals surface area contributed by atoms with E-state index in [1.54, 1.807) is 0 Å². The maximum atomic E-state index is 12.5. The van der Waals surface area contributed by atoms with E-state index in [0.717, 1.165) is 12.1 Å². The molecule has 0 radical (unpaired) electrons. The number of hydrogen-bond donors (Lipinski definition) is 2. The number of thioether (sulfide) groups is 2. The lowest BCUT2D eigenvalue weighted by molar-refractivity contribution is -0.137. The van der Waals surface area contributed by atoms with Gasteiger partial charge in [0, 0.05) is 28.6 Å². The molecule has 0 aliphatic rings. The van der Waals surface area contributed by atoms with Crippen molar-refractivity contribution in [3.63, 3.8) is 0 Å². The Bertz CT molecular complexity index is 916. The zero-order valence-corrected chi connectivity index (χ0v) is 18.7. The summed E-state index contributed by atoms with van der Waals surface area (Å²) in [7, 11) is 0. The summed E-state index contributed by atoms with van der Waals surface area (Å²) in [6.07, 6.45) is -9.60. The average Bonchev–Trinajstić information content (AvgIpc) is 2.70. The van der Waals surface area contributed by atoms with Crippen LogP contribution in [0.25, 0.3) is 0 Å². The van der Waals surface area contributed by atoms with Gasteiger partial charge in [0.1, 0.15) is 0 Å². The first kappa shape index (κ1) is 26.9. The van der Waals surface area contributed by atoms with Crippen LogP contribution in [0.2, 0.25) is 0 Å². The van der Waals surface area contributed by atoms with Crippen molar-refractivity contribution in [2.45, 2.75) is 25.2 Å². The van der Waals surface area contributed by atoms with Crippen LogP contribution in [0.1, 0.15) is 17.5 Å². The molecule has 12 heteroatoms. The molecule has 2 N–H and O–H groups in total. The Hall–Kier alpha value is -2.34. The second-order valence-electron chi connectivity index (χ2n) is 6.78. The molecule has 2 rings (SSSR count). The second kappa shape index (κ2) is 12.2. The van der Waals surface area contributed by atoms with Crippen LogP contribution in [0, 0.1) is 0 Å². The molecule has 0 saturated carbocycles. The van der Waals surface area contributed by atoms with Gasteiger partial charge in [-0.3, -0.25) is 9.59 Å². The molecule has 2 aromatic carbocycles. The molecule has 0 unspecified atom stereocenters. The molecule has 0 aliphatic heterocycles. The van der Waals surface area contributed by atoms with Crippen LogP contribution < -0.4 is 10.6 Å². The lowest BCUT2D eigenvalue weighted by Crippen LogP contribution is -2.15. The summed E-state index contributed by atoms with van der Waals surface area (Å²) in [6.45, 7) is 0. The van der Waals surface area contributed by atoms with Crippen molar-refractivity contribution >= 4 is 46.7 Å². The largest absolute Gasteiger partial charge is 0.416 e. The third kappa shape index (κ3) is 10.9. The molecule has 4 nitrogen and oxygen atoms in total. The van der Waals surface area contributed by atoms with E-state index in [2.05, 4.69) is 10.6 Å². The van der Waals surface area contributed by atoms with Crippen molar-refractivity contribution < 1.29 is 35.9 Å². The van der Waals surface area contributed by atoms with E-state index in [1.807, 2.05) is 0 Å². The van der Waals surface area contributed by atoms with Gasteiger partial charge in [-0.05, 0) is 42.0 Å². The zero-order chi connectivity index (χ0) is 24.5. The molecular formula is C21H20F6N2O2S2. The number of carbonyl (C=O) groups excluding carboxylic acids is 2. The van der Waals surface area contributed by atoms with Crippen molar-refractivity contribution in [1.29, 1.82) is 0 Å². The fraction of sp³-hybridized carbons (Fsp3) is 0.333. The van der Waals surface area contributed by atoms with Crippen LogP contribution in [0.3, 0.4) is 0 Å². The highest BCUT2D eigenvalue weighted by atomic mass is 32.2. The Balaban J connectivity index is 1.58. The number of amides is 2. The number of nitrogens with one attached hydrogen (secondary N) is 2. The summed E-state index contributed by atoms with van der Waals surface area (Å²) in [6, 6.07) is 9.59. The predicted molar refractivity (Wildman–Crippen MR) is 119 cm³/mol. The van der Waals surface area contributed by atoms with Gasteiger partial charge < -0.3 is 10.6 Å². The van der Waals surface area contributed by atoms with E-state index in [4.69, 9.17) is 0 Å². The van der Waals surface area contributed by atoms with Gasteiger partial charge in [-0.15, -0.1) is 11.8 Å². The predicted octanol–water partition coefficient (Wildman–Crippen LogP) is 6.20. The summed E-state index contributed by atoms with van der Waals surface area (Å²) >= 11 is 2.74. The maximum Gasteiger partial charge on any atom is 0.416 e. The molecule has 0 saturated heterocycles. The first-order chi connectivity index (χ1) is 15.4. The number of carbonyl (C=O) groups is 2. The summed E-state index contributed by atoms with van der Waals surface area (Å²) in [4.78, 5) is 23.8. The minimum atomic E-state index is -4.44. The summed E-state index contributed by atoms with van der Waals surface area (Å²) < 4.78 is 74.6. The lowest BCUT2D eigenvalue weighted by atomic mass is 10.1. The number of benzene rings is 2. The van der Waals surface area contributed by atoms with Crippen molar-refractivity contribution in [1.82, 2.24) is 0 Å². The van der Waals surface area contributed by atoms with Crippen LogP contribution in [0.4, 0.5) is 37.7 Å². The first-order valence-electron chi connectivity index (χ1n) is 9.50. The van der Waals surface area contributed by atoms with Gasteiger partial charge in [0.05, 0.1) is 17.7 Å². The number of rotatable bonds is 10. The topological polar surface area (TPSA) is 58.2 Å². The van der Waals surface area contributed by atoms with E-state index >= 15 is 0 Å². The zero-order valence-electron chi connectivity index (χ0n) is 17.1. The third-order valence-corrected chi connectivity index (χ3v) is 6.30. The molecule has 180 valence electrons. The molecular weight excluding hydrogens is 490 g/mol. The average molecular weight is 511 g/mol. The SMILES string of the molecule is O=C(CCSCSCC(=O)Nc1ccc(CC(F)(F)F)cc1)Nc1ccc(C(F)(F)F)cc1. The fourth-order valence-corrected chi connectivity index (χ4v) is 4.38. The molecule has 2 amide bonds. The van der Waals surface area contributed by atoms with E-state index in [-0.39, 0.29) is 35.2 Å². The molecule has 2 aromatic rings. The van der Waals surface area contributed by atoms with E-state index in [0.29, 0.717) is 16.5 Å². The molecule has 0 heterocycles. The monoisotopic (exact) mass is 510 g/mol. The van der Waals surface area contributed by atoms with E-state index < -0.39 is 24.3 Å². The Morgan fingerprint density at radius 2 is 1.30 bits per heavy atom. The van der Waals surface area contributed by atoms with Crippen molar-refractivity contribution in [2.75, 3.05) is 27.2 Å². The molecule has 0 atom stereocenters. The summed E-state index contributed by atoms with van der Waals surface area (Å²) in [5, 5.41) is 5.65. The molecule has 0 bridgehead atoms. The van der Waals surface area contributed by atoms with Gasteiger partial charge >= 0.3 is 12.4 Å². The van der Waals surface area contributed by atoms with Crippen LogP contribution >= 0.6 is 23.5 Å². The highest BCUT2D eigenvalue weighted by molar-refractivity contribution is 8.16. The Labute approximate surface area is 194 Å². The van der Waals surface area contributed by atoms with Crippen LogP contribution in [0.5, 0.6) is 0 Å². The Kier molecular flexibility index (Phi) is 9.96. The molecule has 0 aromatic heterocycles. The van der Waals surface area contributed by atoms with E-state index in [9.17, 15) is 35.9 Å². The molecule has 0 spiro atoms. The smallest absolute Gasteiger partial charge is 0.326 e. The van der Waals surface area contributed by atoms with E-state index in [1.165, 1.54) is 59.9 Å². The number of anilines is 2. The highest BCUT2D eigenvalue weighted by Crippen LogP contribution is 2.30. The molecule has 0 fully saturated rings. The Morgan fingerprint density at radius 1 is 0.758 bits per heavy atom. The van der Waals surface area contributed by atoms with Crippen molar-refractivity contribution in [3.05, 3.63) is 59.7 Å². The molecule has 0 aliphatic carbocycles. The molecule has 33 heavy (non-hydrogen) atoms. The maximum absolute atomic E-state index is 12.5. The van der Waals surface area contributed by atoms with Crippen LogP contribution in [-0.2, 0) is 22.2 Å². The summed E-state index contributed by atoms with van der Waals surface area (Å²) in [5.74, 6) is -0.0419. The van der Waals surface area contributed by atoms with Crippen LogP contribution in [-0.4, -0.2) is 34.6 Å². The lowest BCUT2D eigenvalue weighted by Gasteiger charge is -2.09. The standard InChI is InChI=1S/C21H20F6N2O2S2/c22-20(23,24)11-14-1-5-16(6-2-14)29-19(31)12-33-13-32-10-9-18(30)28-17-7-3-15(4-8-17)21(25,26)27/h1-8H,9-13H2,(H,28,30)(H,29,31). The quantitative estimate of drug-likeness (QED) is 0.227. The van der Waals surface area contributed by atoms with Gasteiger partial charge in [0.15, 0.2) is 0 Å². The fourth-order valence-electron chi connectivity index (χ4n) is 2.52. The van der Waals surface area contributed by atoms with Gasteiger partial charge in [0.2, 0.25) is 11.8 Å². The third-order valence-electron chi connectivity index (χ3n) is 4.01. The minimum Gasteiger partial charge on any atom is -0.326 e. The van der Waals surface area contributed by atoms with Gasteiger partial charge in [-0.25, -0.2) is 0 Å². The number of alkyl halides is 6. The highest BCUT2D eigenvalue weighted by Gasteiger charge is 2.30. The van der Waals surface area contributed by atoms with Crippen molar-refractivity contribution in [2.24, 2.45) is 0 Å². The van der Waals surface area contributed by atoms with Crippen LogP contribution in [0.15, 0.2) is 48.5 Å². The summed E-state index contributed by atoms with van der Waals surface area (Å²) in [5.41, 5.74) is -0.0150. The van der Waals surface area contributed by atoms with Gasteiger partial charge in [0.25, 0.3) is 0 Å². The minimum absolute atomic E-state index is 0.105. The van der Waals surface area contributed by atoms with Crippen molar-refractivity contribution in [3.8, 4) is 0 Å². The number of hydrogen-bond acceptors (Lipinski definition) is 4. The Morgan fingerprint density at radius 3 is 1.85 bits per heavy atom. The van der Waals surface area contributed by atoms with Gasteiger partial charge in [-0.2, -0.15) is 38.1 Å². The normalized spacial score (nSPS) is 11.8. The second-order valence-corrected chi connectivity index (χ2v) is 9.24.